The fourth-order valence-electron chi connectivity index (χ4n) is 3.43. The highest BCUT2D eigenvalue weighted by Crippen LogP contribution is 2.41. The van der Waals surface area contributed by atoms with Crippen LogP contribution in [0.3, 0.4) is 0 Å². The molecule has 4 rings (SSSR count). The van der Waals surface area contributed by atoms with Crippen molar-refractivity contribution in [3.8, 4) is 0 Å². The molecular weight excluding hydrogens is 300 g/mol. The summed E-state index contributed by atoms with van der Waals surface area (Å²) in [5, 5.41) is 5.89. The molecule has 0 aromatic heterocycles. The van der Waals surface area contributed by atoms with Gasteiger partial charge in [-0.3, -0.25) is 9.59 Å². The monoisotopic (exact) mass is 318 g/mol. The molecule has 0 saturated carbocycles. The molecule has 2 aliphatic rings. The molecule has 2 N–H and O–H groups in total. The van der Waals surface area contributed by atoms with Gasteiger partial charge in [0.2, 0.25) is 5.91 Å². The van der Waals surface area contributed by atoms with Gasteiger partial charge in [-0.05, 0) is 25.0 Å². The van der Waals surface area contributed by atoms with Crippen LogP contribution in [0, 0.1) is 19.8 Å². The second kappa shape index (κ2) is 5.34. The van der Waals surface area contributed by atoms with Crippen molar-refractivity contribution in [2.24, 2.45) is 5.92 Å². The van der Waals surface area contributed by atoms with E-state index in [9.17, 15) is 9.59 Å². The van der Waals surface area contributed by atoms with Crippen LogP contribution in [0.15, 0.2) is 54.1 Å². The summed E-state index contributed by atoms with van der Waals surface area (Å²) in [6.45, 7) is 4.02. The average Bonchev–Trinajstić information content (AvgIpc) is 3.08. The minimum absolute atomic E-state index is 0.121. The Hall–Kier alpha value is -2.88. The highest BCUT2D eigenvalue weighted by Gasteiger charge is 2.48. The van der Waals surface area contributed by atoms with Gasteiger partial charge in [-0.25, -0.2) is 0 Å². The van der Waals surface area contributed by atoms with E-state index in [2.05, 4.69) is 10.6 Å². The summed E-state index contributed by atoms with van der Waals surface area (Å²) in [4.78, 5) is 25.1. The van der Waals surface area contributed by atoms with Gasteiger partial charge in [0, 0.05) is 0 Å². The van der Waals surface area contributed by atoms with E-state index >= 15 is 0 Å². The van der Waals surface area contributed by atoms with Crippen LogP contribution in [0.2, 0.25) is 0 Å². The van der Waals surface area contributed by atoms with E-state index in [1.54, 1.807) is 0 Å². The summed E-state index contributed by atoms with van der Waals surface area (Å²) >= 11 is 0. The van der Waals surface area contributed by atoms with Crippen LogP contribution in [0.25, 0.3) is 5.70 Å². The second-order valence-electron chi connectivity index (χ2n) is 6.48. The molecule has 0 radical (unpaired) electrons. The number of fused-ring (bicyclic) bond motifs is 1. The molecule has 1 saturated heterocycles. The molecule has 1 fully saturated rings. The molecule has 2 aromatic carbocycles. The normalized spacial score (nSPS) is 22.4. The highest BCUT2D eigenvalue weighted by molar-refractivity contribution is 6.15. The maximum atomic E-state index is 12.6. The van der Waals surface area contributed by atoms with Crippen molar-refractivity contribution < 1.29 is 9.59 Å². The van der Waals surface area contributed by atoms with Crippen molar-refractivity contribution in [2.75, 3.05) is 0 Å². The van der Waals surface area contributed by atoms with Crippen molar-refractivity contribution in [3.05, 3.63) is 76.4 Å². The number of aryl methyl sites for hydroxylation is 2. The Kier molecular flexibility index (Phi) is 3.27. The molecule has 2 unspecified atom stereocenters. The Morgan fingerprint density at radius 2 is 1.42 bits per heavy atom. The maximum Gasteiger partial charge on any atom is 0.250 e. The zero-order valence-corrected chi connectivity index (χ0v) is 13.6. The van der Waals surface area contributed by atoms with Crippen LogP contribution >= 0.6 is 0 Å². The van der Waals surface area contributed by atoms with Crippen molar-refractivity contribution in [3.63, 3.8) is 0 Å². The SMILES string of the molecule is Cc1ccc(C2=C3C(=O)NC(c4ccc(C)cc4)C3C(=O)N2)cc1. The third-order valence-electron chi connectivity index (χ3n) is 4.75. The molecule has 24 heavy (non-hydrogen) atoms. The van der Waals surface area contributed by atoms with Gasteiger partial charge in [0.05, 0.1) is 23.2 Å². The standard InChI is InChI=1S/C20H18N2O2/c1-11-3-7-13(8-4-11)17-15-16(20(24)21-17)18(22-19(15)23)14-9-5-12(2)6-10-14/h3-10,15,17H,1-2H3,(H,21,24)(H,22,23). The predicted octanol–water partition coefficient (Wildman–Crippen LogP) is 2.63. The summed E-state index contributed by atoms with van der Waals surface area (Å²) in [5.41, 5.74) is 5.29. The van der Waals surface area contributed by atoms with Crippen LogP contribution in [-0.4, -0.2) is 11.8 Å². The fraction of sp³-hybridized carbons (Fsp3) is 0.200. The number of amides is 2. The predicted molar refractivity (Wildman–Crippen MR) is 91.8 cm³/mol. The Labute approximate surface area is 140 Å². The molecule has 2 atom stereocenters. The van der Waals surface area contributed by atoms with E-state index in [1.165, 1.54) is 0 Å². The number of hydrogen-bond donors (Lipinski definition) is 2. The average molecular weight is 318 g/mol. The van der Waals surface area contributed by atoms with Gasteiger partial charge in [0.25, 0.3) is 5.91 Å². The van der Waals surface area contributed by atoms with E-state index in [4.69, 9.17) is 0 Å². The van der Waals surface area contributed by atoms with E-state index in [-0.39, 0.29) is 17.9 Å². The second-order valence-corrected chi connectivity index (χ2v) is 6.48. The van der Waals surface area contributed by atoms with Crippen molar-refractivity contribution in [2.45, 2.75) is 19.9 Å². The summed E-state index contributed by atoms with van der Waals surface area (Å²) in [7, 11) is 0. The molecule has 120 valence electrons. The summed E-state index contributed by atoms with van der Waals surface area (Å²) in [6, 6.07) is 15.5. The maximum absolute atomic E-state index is 12.6. The smallest absolute Gasteiger partial charge is 0.250 e. The van der Waals surface area contributed by atoms with Crippen molar-refractivity contribution >= 4 is 17.5 Å². The Bertz CT molecular complexity index is 864. The van der Waals surface area contributed by atoms with Crippen LogP contribution in [0.5, 0.6) is 0 Å². The van der Waals surface area contributed by atoms with Crippen molar-refractivity contribution in [1.82, 2.24) is 10.6 Å². The van der Waals surface area contributed by atoms with Gasteiger partial charge in [0.15, 0.2) is 0 Å². The summed E-state index contributed by atoms with van der Waals surface area (Å²) in [5.74, 6) is -0.763. The minimum atomic E-state index is -0.475. The van der Waals surface area contributed by atoms with Gasteiger partial charge in [-0.1, -0.05) is 59.7 Å². The van der Waals surface area contributed by atoms with Gasteiger partial charge in [-0.15, -0.1) is 0 Å². The van der Waals surface area contributed by atoms with Crippen LogP contribution < -0.4 is 10.6 Å². The van der Waals surface area contributed by atoms with E-state index in [1.807, 2.05) is 62.4 Å². The van der Waals surface area contributed by atoms with Crippen LogP contribution in [-0.2, 0) is 9.59 Å². The molecule has 0 spiro atoms. The number of rotatable bonds is 2. The van der Waals surface area contributed by atoms with Gasteiger partial charge >= 0.3 is 0 Å². The van der Waals surface area contributed by atoms with E-state index in [0.717, 1.165) is 22.3 Å². The highest BCUT2D eigenvalue weighted by atomic mass is 16.2. The lowest BCUT2D eigenvalue weighted by atomic mass is 9.90. The van der Waals surface area contributed by atoms with E-state index in [0.29, 0.717) is 11.3 Å². The quantitative estimate of drug-likeness (QED) is 0.894. The third kappa shape index (κ3) is 2.22. The first-order chi connectivity index (χ1) is 11.5. The molecule has 4 heteroatoms. The Morgan fingerprint density at radius 3 is 2.04 bits per heavy atom. The van der Waals surface area contributed by atoms with Crippen molar-refractivity contribution in [1.29, 1.82) is 0 Å². The Balaban J connectivity index is 1.78. The molecule has 2 aliphatic heterocycles. The summed E-state index contributed by atoms with van der Waals surface area (Å²) in [6.07, 6.45) is 0. The first kappa shape index (κ1) is 14.7. The lowest BCUT2D eigenvalue weighted by molar-refractivity contribution is -0.122. The zero-order valence-electron chi connectivity index (χ0n) is 13.6. The van der Waals surface area contributed by atoms with Gasteiger partial charge in [0.1, 0.15) is 0 Å². The lowest BCUT2D eigenvalue weighted by Crippen LogP contribution is -2.29. The van der Waals surface area contributed by atoms with E-state index < -0.39 is 5.92 Å². The van der Waals surface area contributed by atoms with Crippen LogP contribution in [0.4, 0.5) is 0 Å². The lowest BCUT2D eigenvalue weighted by Gasteiger charge is -2.16. The van der Waals surface area contributed by atoms with Gasteiger partial charge < -0.3 is 10.6 Å². The molecule has 2 aromatic rings. The molecule has 0 aliphatic carbocycles. The molecule has 0 bridgehead atoms. The molecular formula is C20H18N2O2. The summed E-state index contributed by atoms with van der Waals surface area (Å²) < 4.78 is 0. The molecule has 2 heterocycles. The number of carbonyl (C=O) groups excluding carboxylic acids is 2. The first-order valence-corrected chi connectivity index (χ1v) is 8.04. The first-order valence-electron chi connectivity index (χ1n) is 8.04. The Morgan fingerprint density at radius 1 is 0.833 bits per heavy atom. The largest absolute Gasteiger partial charge is 0.344 e. The van der Waals surface area contributed by atoms with Crippen LogP contribution in [0.1, 0.15) is 28.3 Å². The number of carbonyl (C=O) groups is 2. The zero-order chi connectivity index (χ0) is 16.8. The number of nitrogens with one attached hydrogen (secondary N) is 2. The topological polar surface area (TPSA) is 58.2 Å². The third-order valence-corrected chi connectivity index (χ3v) is 4.75. The number of hydrogen-bond acceptors (Lipinski definition) is 2. The minimum Gasteiger partial charge on any atom is -0.344 e. The van der Waals surface area contributed by atoms with Gasteiger partial charge in [-0.2, -0.15) is 0 Å². The molecule has 4 nitrogen and oxygen atoms in total. The fourth-order valence-corrected chi connectivity index (χ4v) is 3.43. The number of benzene rings is 2. The molecule has 2 amide bonds.